The summed E-state index contributed by atoms with van der Waals surface area (Å²) < 4.78 is -0.296. The summed E-state index contributed by atoms with van der Waals surface area (Å²) in [4.78, 5) is 3.59. The zero-order valence-corrected chi connectivity index (χ0v) is 26.1. The van der Waals surface area contributed by atoms with Crippen molar-refractivity contribution in [3.05, 3.63) is 60.7 Å². The van der Waals surface area contributed by atoms with Gasteiger partial charge in [0.05, 0.1) is 37.3 Å². The molecule has 2 nitrogen and oxygen atoms in total. The maximum atomic E-state index is 4.64. The van der Waals surface area contributed by atoms with Crippen LogP contribution >= 0.6 is 15.8 Å². The summed E-state index contributed by atoms with van der Waals surface area (Å²) in [6.07, 6.45) is 0. The fraction of sp³-hybridized carbons (Fsp3) is 0.455. The molecule has 0 bridgehead atoms. The van der Waals surface area contributed by atoms with E-state index in [1.54, 1.807) is 9.80 Å². The molecule has 2 aromatic carbocycles. The van der Waals surface area contributed by atoms with E-state index < -0.39 is 0 Å². The molecule has 0 heterocycles. The summed E-state index contributed by atoms with van der Waals surface area (Å²) in [5.41, 5.74) is 0. The van der Waals surface area contributed by atoms with E-state index in [4.69, 9.17) is 0 Å². The van der Waals surface area contributed by atoms with Gasteiger partial charge in [0.15, 0.2) is 0 Å². The van der Waals surface area contributed by atoms with E-state index in [2.05, 4.69) is 138 Å². The van der Waals surface area contributed by atoms with Gasteiger partial charge in [0.2, 0.25) is 0 Å². The molecule has 0 saturated heterocycles. The van der Waals surface area contributed by atoms with Crippen molar-refractivity contribution in [3.63, 3.8) is 0 Å². The average Bonchev–Trinajstić information content (AvgIpc) is 2.70. The van der Waals surface area contributed by atoms with Gasteiger partial charge in [-0.1, -0.05) is 36.4 Å². The SMILES string of the molecule is CN(C)C([S-])[S-].CN(C)C([S-])[S-].C[PH+](C)c1ccccc1.C[PH+](C)c1ccccc1.[Co]. The molecule has 9 heteroatoms. The largest absolute Gasteiger partial charge is 0.800 e. The third kappa shape index (κ3) is 24.1. The number of rotatable bonds is 4. The van der Waals surface area contributed by atoms with Crippen LogP contribution in [0.1, 0.15) is 0 Å². The molecule has 0 N–H and O–H groups in total. The van der Waals surface area contributed by atoms with Crippen LogP contribution in [0.2, 0.25) is 0 Å². The Morgan fingerprint density at radius 1 is 0.548 bits per heavy atom. The fourth-order valence-electron chi connectivity index (χ4n) is 1.54. The molecule has 181 valence electrons. The molecule has 0 aliphatic heterocycles. The van der Waals surface area contributed by atoms with E-state index >= 15 is 0 Å². The Morgan fingerprint density at radius 3 is 0.839 bits per heavy atom. The molecule has 0 spiro atoms. The van der Waals surface area contributed by atoms with Gasteiger partial charge in [0.1, 0.15) is 0 Å². The first-order valence-electron chi connectivity index (χ1n) is 9.57. The fourth-order valence-corrected chi connectivity index (χ4v) is 3.26. The van der Waals surface area contributed by atoms with E-state index in [1.807, 2.05) is 28.2 Å². The second-order valence-electron chi connectivity index (χ2n) is 7.27. The Labute approximate surface area is 227 Å². The van der Waals surface area contributed by atoms with Crippen LogP contribution in [0.5, 0.6) is 0 Å². The minimum Gasteiger partial charge on any atom is -0.800 e. The van der Waals surface area contributed by atoms with Crippen LogP contribution < -0.4 is 10.6 Å². The minimum absolute atomic E-state index is 0. The van der Waals surface area contributed by atoms with Crippen LogP contribution in [0.15, 0.2) is 60.7 Å². The van der Waals surface area contributed by atoms with Crippen molar-refractivity contribution < 1.29 is 16.8 Å². The topological polar surface area (TPSA) is 6.48 Å². The summed E-state index contributed by atoms with van der Waals surface area (Å²) in [7, 11) is 7.04. The van der Waals surface area contributed by atoms with Gasteiger partial charge in [-0.3, -0.25) is 0 Å². The van der Waals surface area contributed by atoms with Gasteiger partial charge < -0.3 is 60.3 Å². The molecule has 0 unspecified atom stereocenters. The number of hydrogen-bond donors (Lipinski definition) is 0. The molecular formula is C22H38CoN2P2S4-2. The normalized spacial score (nSPS) is 10.1. The van der Waals surface area contributed by atoms with Gasteiger partial charge in [-0.25, -0.2) is 9.41 Å². The number of benzene rings is 2. The molecule has 0 aromatic heterocycles. The van der Waals surface area contributed by atoms with E-state index in [0.29, 0.717) is 0 Å². The van der Waals surface area contributed by atoms with Crippen molar-refractivity contribution >= 4 is 77.0 Å². The standard InChI is InChI=1S/2C8H11P.2C3H9NS2.Co/c2*1-9(2)8-6-4-3-5-7-8;2*1-4(2)3(5)6;/h2*3-7H,1-2H3;2*3,5-6H,1-2H3;/p-2. The summed E-state index contributed by atoms with van der Waals surface area (Å²) in [6.45, 7) is 9.22. The van der Waals surface area contributed by atoms with Crippen molar-refractivity contribution in [3.8, 4) is 0 Å². The number of hydrogen-bond acceptors (Lipinski definition) is 6. The second-order valence-corrected chi connectivity index (χ2v) is 14.8. The Morgan fingerprint density at radius 2 is 0.742 bits per heavy atom. The van der Waals surface area contributed by atoms with Crippen LogP contribution in [-0.4, -0.2) is 74.1 Å². The molecule has 0 amide bonds. The van der Waals surface area contributed by atoms with Crippen molar-refractivity contribution in [1.29, 1.82) is 0 Å². The summed E-state index contributed by atoms with van der Waals surface area (Å²) in [6, 6.07) is 21.4. The van der Waals surface area contributed by atoms with E-state index in [9.17, 15) is 0 Å². The number of nitrogens with zero attached hydrogens (tertiary/aromatic N) is 2. The molecule has 1 radical (unpaired) electrons. The van der Waals surface area contributed by atoms with Crippen molar-refractivity contribution in [2.45, 2.75) is 9.41 Å². The van der Waals surface area contributed by atoms with Crippen molar-refractivity contribution in [2.24, 2.45) is 0 Å². The molecule has 2 aromatic rings. The van der Waals surface area contributed by atoms with Crippen LogP contribution in [0.25, 0.3) is 0 Å². The van der Waals surface area contributed by atoms with E-state index in [-0.39, 0.29) is 42.0 Å². The summed E-state index contributed by atoms with van der Waals surface area (Å²) >= 11 is 18.6. The Hall–Kier alpha value is 1.13. The third-order valence-corrected chi connectivity index (χ3v) is 8.21. The van der Waals surface area contributed by atoms with E-state index in [1.165, 1.54) is 10.6 Å². The van der Waals surface area contributed by atoms with Gasteiger partial charge in [-0.2, -0.15) is 0 Å². The molecule has 0 aliphatic rings. The third-order valence-electron chi connectivity index (χ3n) is 3.55. The predicted octanol–water partition coefficient (Wildman–Crippen LogP) is 3.42. The van der Waals surface area contributed by atoms with Crippen LogP contribution in [0, 0.1) is 0 Å². The Bertz CT molecular complexity index is 550. The Kier molecular flexibility index (Phi) is 27.1. The van der Waals surface area contributed by atoms with Gasteiger partial charge in [-0.15, -0.1) is 0 Å². The predicted molar refractivity (Wildman–Crippen MR) is 157 cm³/mol. The smallest absolute Gasteiger partial charge is 0.0908 e. The van der Waals surface area contributed by atoms with Crippen LogP contribution in [-0.2, 0) is 67.3 Å². The molecule has 0 atom stereocenters. The summed E-state index contributed by atoms with van der Waals surface area (Å²) in [5, 5.41) is 3.03. The van der Waals surface area contributed by atoms with Gasteiger partial charge in [0, 0.05) is 32.6 Å². The Balaban J connectivity index is -0.000000341. The maximum Gasteiger partial charge on any atom is 0.0908 e. The van der Waals surface area contributed by atoms with E-state index in [0.717, 1.165) is 0 Å². The average molecular weight is 580 g/mol. The quantitative estimate of drug-likeness (QED) is 0.402. The first-order chi connectivity index (χ1) is 13.9. The van der Waals surface area contributed by atoms with Gasteiger partial charge in [-0.05, 0) is 52.5 Å². The van der Waals surface area contributed by atoms with Gasteiger partial charge in [0.25, 0.3) is 0 Å². The molecule has 2 rings (SSSR count). The van der Waals surface area contributed by atoms with Gasteiger partial charge >= 0.3 is 0 Å². The molecule has 0 saturated carbocycles. The molecular weight excluding hydrogens is 541 g/mol. The minimum atomic E-state index is -0.212. The zero-order chi connectivity index (χ0) is 23.7. The van der Waals surface area contributed by atoms with Crippen molar-refractivity contribution in [2.75, 3.05) is 54.8 Å². The summed E-state index contributed by atoms with van der Waals surface area (Å²) in [5.74, 6) is 0. The second kappa shape index (κ2) is 22.9. The van der Waals surface area contributed by atoms with Crippen LogP contribution in [0.4, 0.5) is 0 Å². The van der Waals surface area contributed by atoms with Crippen molar-refractivity contribution in [1.82, 2.24) is 9.80 Å². The monoisotopic (exact) mass is 579 g/mol. The van der Waals surface area contributed by atoms with Crippen LogP contribution in [0.3, 0.4) is 0 Å². The molecule has 31 heavy (non-hydrogen) atoms. The molecule has 0 aliphatic carbocycles. The first-order valence-corrected chi connectivity index (χ1v) is 16.5. The first kappa shape index (κ1) is 36.7. The zero-order valence-electron chi connectivity index (χ0n) is 19.8. The molecule has 0 fully saturated rings. The maximum absolute atomic E-state index is 4.64.